The van der Waals surface area contributed by atoms with E-state index in [0.717, 1.165) is 30.8 Å². The zero-order chi connectivity index (χ0) is 10.7. The first-order valence-electron chi connectivity index (χ1n) is 5.47. The van der Waals surface area contributed by atoms with Gasteiger partial charge >= 0.3 is 0 Å². The summed E-state index contributed by atoms with van der Waals surface area (Å²) < 4.78 is 0. The van der Waals surface area contributed by atoms with Crippen LogP contribution in [0.5, 0.6) is 0 Å². The van der Waals surface area contributed by atoms with E-state index in [2.05, 4.69) is 17.4 Å². The number of hydrogen-bond acceptors (Lipinski definition) is 2. The maximum Gasteiger partial charge on any atom is 0.0406 e. The third-order valence-corrected chi connectivity index (χ3v) is 3.18. The van der Waals surface area contributed by atoms with E-state index in [-0.39, 0.29) is 0 Å². The van der Waals surface area contributed by atoms with E-state index < -0.39 is 0 Å². The molecule has 2 atom stereocenters. The number of rotatable bonds is 2. The smallest absolute Gasteiger partial charge is 0.0406 e. The zero-order valence-electron chi connectivity index (χ0n) is 8.75. The van der Waals surface area contributed by atoms with E-state index in [4.69, 9.17) is 17.3 Å². The zero-order valence-corrected chi connectivity index (χ0v) is 9.50. The summed E-state index contributed by atoms with van der Waals surface area (Å²) >= 11 is 5.84. The molecule has 1 aliphatic rings. The average Bonchev–Trinajstić information content (AvgIpc) is 2.22. The van der Waals surface area contributed by atoms with Crippen LogP contribution in [0.15, 0.2) is 24.3 Å². The van der Waals surface area contributed by atoms with Crippen molar-refractivity contribution in [2.75, 3.05) is 6.54 Å². The Kier molecular flexibility index (Phi) is 3.62. The number of benzene rings is 1. The molecular formula is C12H17ClN2. The predicted molar refractivity (Wildman–Crippen MR) is 64.2 cm³/mol. The van der Waals surface area contributed by atoms with Crippen molar-refractivity contribution < 1.29 is 0 Å². The van der Waals surface area contributed by atoms with Crippen molar-refractivity contribution in [2.45, 2.75) is 31.3 Å². The van der Waals surface area contributed by atoms with Gasteiger partial charge in [0.1, 0.15) is 0 Å². The molecule has 0 amide bonds. The molecule has 1 saturated heterocycles. The summed E-state index contributed by atoms with van der Waals surface area (Å²) in [4.78, 5) is 0. The van der Waals surface area contributed by atoms with Gasteiger partial charge in [0.25, 0.3) is 0 Å². The van der Waals surface area contributed by atoms with Crippen LogP contribution in [-0.4, -0.2) is 18.6 Å². The number of nitrogens with one attached hydrogen (secondary N) is 1. The average molecular weight is 225 g/mol. The minimum atomic E-state index is 0.364. The predicted octanol–water partition coefficient (Wildman–Crippen LogP) is 1.96. The summed E-state index contributed by atoms with van der Waals surface area (Å²) in [5, 5.41) is 4.30. The van der Waals surface area contributed by atoms with Crippen LogP contribution >= 0.6 is 11.6 Å². The third-order valence-electron chi connectivity index (χ3n) is 2.93. The normalized spacial score (nSPS) is 26.5. The Morgan fingerprint density at radius 1 is 1.33 bits per heavy atom. The molecule has 0 spiro atoms. The van der Waals surface area contributed by atoms with Crippen LogP contribution in [0.3, 0.4) is 0 Å². The second-order valence-corrected chi connectivity index (χ2v) is 4.70. The Morgan fingerprint density at radius 2 is 2.07 bits per heavy atom. The molecular weight excluding hydrogens is 208 g/mol. The molecule has 1 aromatic rings. The summed E-state index contributed by atoms with van der Waals surface area (Å²) in [5.41, 5.74) is 7.27. The van der Waals surface area contributed by atoms with Crippen LogP contribution in [0.4, 0.5) is 0 Å². The van der Waals surface area contributed by atoms with E-state index in [1.165, 1.54) is 5.56 Å². The molecule has 0 radical (unpaired) electrons. The largest absolute Gasteiger partial charge is 0.328 e. The van der Waals surface area contributed by atoms with Crippen molar-refractivity contribution in [1.82, 2.24) is 5.32 Å². The third kappa shape index (κ3) is 3.20. The molecule has 0 saturated carbocycles. The van der Waals surface area contributed by atoms with Crippen molar-refractivity contribution in [3.8, 4) is 0 Å². The van der Waals surface area contributed by atoms with Gasteiger partial charge in [0.05, 0.1) is 0 Å². The van der Waals surface area contributed by atoms with Crippen molar-refractivity contribution >= 4 is 11.6 Å². The van der Waals surface area contributed by atoms with Gasteiger partial charge in [-0.05, 0) is 43.5 Å². The standard InChI is InChI=1S/C12H17ClN2/c13-10-3-1-9(2-4-10)7-12-8-11(14)5-6-15-12/h1-4,11-12,15H,5-8,14H2. The van der Waals surface area contributed by atoms with Crippen LogP contribution < -0.4 is 11.1 Å². The van der Waals surface area contributed by atoms with Crippen LogP contribution in [-0.2, 0) is 6.42 Å². The van der Waals surface area contributed by atoms with Crippen molar-refractivity contribution in [2.24, 2.45) is 5.73 Å². The van der Waals surface area contributed by atoms with E-state index in [0.29, 0.717) is 12.1 Å². The van der Waals surface area contributed by atoms with Gasteiger partial charge in [-0.15, -0.1) is 0 Å². The second kappa shape index (κ2) is 4.97. The molecule has 0 aromatic heterocycles. The van der Waals surface area contributed by atoms with Gasteiger partial charge in [0.15, 0.2) is 0 Å². The molecule has 15 heavy (non-hydrogen) atoms. The SMILES string of the molecule is NC1CCNC(Cc2ccc(Cl)cc2)C1. The highest BCUT2D eigenvalue weighted by Crippen LogP contribution is 2.14. The lowest BCUT2D eigenvalue weighted by atomic mass is 9.95. The molecule has 2 rings (SSSR count). The molecule has 1 aromatic carbocycles. The lowest BCUT2D eigenvalue weighted by Gasteiger charge is -2.28. The maximum atomic E-state index is 5.94. The number of halogens is 1. The molecule has 0 aliphatic carbocycles. The Labute approximate surface area is 95.8 Å². The number of nitrogens with two attached hydrogens (primary N) is 1. The van der Waals surface area contributed by atoms with Gasteiger partial charge in [-0.25, -0.2) is 0 Å². The van der Waals surface area contributed by atoms with Crippen molar-refractivity contribution in [3.05, 3.63) is 34.9 Å². The molecule has 2 nitrogen and oxygen atoms in total. The quantitative estimate of drug-likeness (QED) is 0.806. The molecule has 3 heteroatoms. The fourth-order valence-corrected chi connectivity index (χ4v) is 2.23. The van der Waals surface area contributed by atoms with E-state index in [1.54, 1.807) is 0 Å². The molecule has 82 valence electrons. The Hall–Kier alpha value is -0.570. The summed E-state index contributed by atoms with van der Waals surface area (Å²) in [6.45, 7) is 1.04. The minimum absolute atomic E-state index is 0.364. The van der Waals surface area contributed by atoms with E-state index in [1.807, 2.05) is 12.1 Å². The second-order valence-electron chi connectivity index (χ2n) is 4.27. The summed E-state index contributed by atoms with van der Waals surface area (Å²) in [6, 6.07) is 8.95. The van der Waals surface area contributed by atoms with Gasteiger partial charge < -0.3 is 11.1 Å². The molecule has 1 fully saturated rings. The van der Waals surface area contributed by atoms with Crippen LogP contribution in [0.1, 0.15) is 18.4 Å². The molecule has 2 unspecified atom stereocenters. The van der Waals surface area contributed by atoms with E-state index >= 15 is 0 Å². The van der Waals surface area contributed by atoms with Crippen molar-refractivity contribution in [3.63, 3.8) is 0 Å². The molecule has 1 heterocycles. The summed E-state index contributed by atoms with van der Waals surface area (Å²) in [7, 11) is 0. The van der Waals surface area contributed by atoms with Gasteiger partial charge in [-0.2, -0.15) is 0 Å². The summed E-state index contributed by atoms with van der Waals surface area (Å²) in [5.74, 6) is 0. The summed E-state index contributed by atoms with van der Waals surface area (Å²) in [6.07, 6.45) is 3.21. The fourth-order valence-electron chi connectivity index (χ4n) is 2.10. The highest BCUT2D eigenvalue weighted by atomic mass is 35.5. The Balaban J connectivity index is 1.93. The first kappa shape index (κ1) is 10.9. The monoisotopic (exact) mass is 224 g/mol. The van der Waals surface area contributed by atoms with Crippen LogP contribution in [0.25, 0.3) is 0 Å². The van der Waals surface area contributed by atoms with Crippen molar-refractivity contribution in [1.29, 1.82) is 0 Å². The van der Waals surface area contributed by atoms with Gasteiger partial charge in [-0.1, -0.05) is 23.7 Å². The number of hydrogen-bond donors (Lipinski definition) is 2. The molecule has 3 N–H and O–H groups in total. The maximum absolute atomic E-state index is 5.94. The fraction of sp³-hybridized carbons (Fsp3) is 0.500. The first-order chi connectivity index (χ1) is 7.24. The molecule has 0 bridgehead atoms. The highest BCUT2D eigenvalue weighted by Gasteiger charge is 2.18. The van der Waals surface area contributed by atoms with Gasteiger partial charge in [0, 0.05) is 17.1 Å². The van der Waals surface area contributed by atoms with E-state index in [9.17, 15) is 0 Å². The Bertz CT molecular complexity index is 310. The topological polar surface area (TPSA) is 38.0 Å². The number of piperidine rings is 1. The van der Waals surface area contributed by atoms with Gasteiger partial charge in [0.2, 0.25) is 0 Å². The van der Waals surface area contributed by atoms with Crippen LogP contribution in [0.2, 0.25) is 5.02 Å². The molecule has 1 aliphatic heterocycles. The minimum Gasteiger partial charge on any atom is -0.328 e. The Morgan fingerprint density at radius 3 is 2.73 bits per heavy atom. The highest BCUT2D eigenvalue weighted by molar-refractivity contribution is 6.30. The van der Waals surface area contributed by atoms with Gasteiger partial charge in [-0.3, -0.25) is 0 Å². The lowest BCUT2D eigenvalue weighted by molar-refractivity contribution is 0.360. The first-order valence-corrected chi connectivity index (χ1v) is 5.85. The lowest BCUT2D eigenvalue weighted by Crippen LogP contribution is -2.44. The van der Waals surface area contributed by atoms with Crippen LogP contribution in [0, 0.1) is 0 Å².